The van der Waals surface area contributed by atoms with Gasteiger partial charge in [0.05, 0.1) is 0 Å². The lowest BCUT2D eigenvalue weighted by atomic mass is 9.78. The second kappa shape index (κ2) is 106. The van der Waals surface area contributed by atoms with E-state index in [0.29, 0.717) is 91.1 Å². The van der Waals surface area contributed by atoms with Gasteiger partial charge >= 0.3 is 11.9 Å². The SMILES string of the molecule is CCCCCCCCC(CCCCCCCCC(=O)NCCNC(=O)CCCCCCCCC(CCCCCCCC)C(CCCCCCCC)CCCCCCCCC(=O)OCCOc1ccccc1)C(CCCCCCCC)CCCCCCCCC(=O)NCCNC(=O)CCCCCCCCC(CCCCCCCC)C(CCCCCCCC)CCCCCCCCC(=O)OCCOc1ccccc1. The van der Waals surface area contributed by atoms with Crippen molar-refractivity contribution in [2.45, 2.75) is 619 Å². The Morgan fingerprint density at radius 2 is 0.331 bits per heavy atom. The fourth-order valence-electron chi connectivity index (χ4n) is 22.1. The molecule has 0 fully saturated rings. The normalized spacial score (nSPS) is 12.8. The molecule has 4 amide bonds. The van der Waals surface area contributed by atoms with Crippen LogP contribution >= 0.6 is 0 Å². The molecular formula is C128H234N4O10. The highest BCUT2D eigenvalue weighted by Gasteiger charge is 2.25. The van der Waals surface area contributed by atoms with E-state index in [1.165, 1.54) is 462 Å². The maximum Gasteiger partial charge on any atom is 0.305 e. The summed E-state index contributed by atoms with van der Waals surface area (Å²) in [4.78, 5) is 76.3. The van der Waals surface area contributed by atoms with Crippen LogP contribution in [0.4, 0.5) is 0 Å². The Balaban J connectivity index is 1.69. The van der Waals surface area contributed by atoms with Crippen molar-refractivity contribution in [3.05, 3.63) is 60.7 Å². The molecule has 0 aliphatic heterocycles. The first-order chi connectivity index (χ1) is 70.0. The number of amides is 4. The molecule has 826 valence electrons. The molecule has 0 saturated heterocycles. The van der Waals surface area contributed by atoms with Crippen molar-refractivity contribution < 1.29 is 47.7 Å². The van der Waals surface area contributed by atoms with Gasteiger partial charge in [0.2, 0.25) is 23.6 Å². The molecule has 2 aromatic carbocycles. The zero-order valence-corrected chi connectivity index (χ0v) is 94.6. The van der Waals surface area contributed by atoms with E-state index < -0.39 is 0 Å². The number of carbonyl (C=O) groups is 6. The van der Waals surface area contributed by atoms with Crippen LogP contribution in [0.2, 0.25) is 0 Å². The molecule has 14 nitrogen and oxygen atoms in total. The molecular weight excluding hydrogens is 1750 g/mol. The predicted molar refractivity (Wildman–Crippen MR) is 608 cm³/mol. The monoisotopic (exact) mass is 1990 g/mol. The third kappa shape index (κ3) is 88.9. The molecule has 6 atom stereocenters. The molecule has 0 aliphatic carbocycles. The van der Waals surface area contributed by atoms with E-state index in [2.05, 4.69) is 62.8 Å². The Kier molecular flexibility index (Phi) is 99.0. The summed E-state index contributed by atoms with van der Waals surface area (Å²) in [6, 6.07) is 19.4. The van der Waals surface area contributed by atoms with Gasteiger partial charge in [0.25, 0.3) is 0 Å². The lowest BCUT2D eigenvalue weighted by molar-refractivity contribution is -0.145. The first-order valence-corrected chi connectivity index (χ1v) is 62.7. The molecule has 2 rings (SSSR count). The third-order valence-electron chi connectivity index (χ3n) is 31.2. The van der Waals surface area contributed by atoms with Crippen LogP contribution in [0, 0.1) is 35.5 Å². The van der Waals surface area contributed by atoms with Gasteiger partial charge in [-0.1, -0.05) is 579 Å². The van der Waals surface area contributed by atoms with E-state index >= 15 is 0 Å². The fourth-order valence-corrected chi connectivity index (χ4v) is 22.1. The number of carbonyl (C=O) groups excluding carboxylic acids is 6. The van der Waals surface area contributed by atoms with Crippen molar-refractivity contribution in [2.24, 2.45) is 35.5 Å². The topological polar surface area (TPSA) is 187 Å². The standard InChI is InChI=1S/C128H234N4O10/c1-7-13-19-25-43-63-85-115(91-69-49-31-37-55-79-101-123(133)129-107-109-131-125(135)103-81-57-39-33-51-71-93-117(87-65-45-27-21-15-9-3)119(89-67-47-29-23-17-11-5)95-73-53-35-41-59-83-105-127(137)141-113-111-139-121-97-75-61-76-98-121)116(86-64-44-26-20-14-8-2)92-70-50-32-38-56-80-102-124(134)130-108-110-132-126(136)104-82-58-40-34-52-72-94-118(88-66-46-28-22-16-10-4)120(90-68-48-30-24-18-12-6)96-74-54-36-42-60-84-106-128(138)142-114-112-140-122-99-77-62-78-100-122/h61-62,75-78,97-100,115-120H,7-60,63-74,79-96,101-114H2,1-6H3,(H,129,133)(H,130,134)(H,131,135)(H,132,136). The predicted octanol–water partition coefficient (Wildman–Crippen LogP) is 37.6. The van der Waals surface area contributed by atoms with Gasteiger partial charge in [0, 0.05) is 64.7 Å². The zero-order chi connectivity index (χ0) is 102. The summed E-state index contributed by atoms with van der Waals surface area (Å²) in [5.74, 6) is 6.88. The van der Waals surface area contributed by atoms with Gasteiger partial charge in [-0.05, 0) is 98.3 Å². The Morgan fingerprint density at radius 3 is 0.500 bits per heavy atom. The molecule has 0 spiro atoms. The Bertz CT molecular complexity index is 2810. The Labute approximate surface area is 878 Å². The van der Waals surface area contributed by atoms with Crippen LogP contribution in [-0.4, -0.2) is 88.2 Å². The summed E-state index contributed by atoms with van der Waals surface area (Å²) in [7, 11) is 0. The van der Waals surface area contributed by atoms with Crippen LogP contribution in [0.5, 0.6) is 11.5 Å². The van der Waals surface area contributed by atoms with E-state index in [1.54, 1.807) is 0 Å². The van der Waals surface area contributed by atoms with E-state index in [0.717, 1.165) is 124 Å². The number of unbranched alkanes of at least 4 members (excludes halogenated alkanes) is 60. The second-order valence-corrected chi connectivity index (χ2v) is 44.0. The van der Waals surface area contributed by atoms with Crippen LogP contribution in [0.3, 0.4) is 0 Å². The number of hydrogen-bond acceptors (Lipinski definition) is 10. The van der Waals surface area contributed by atoms with Gasteiger partial charge < -0.3 is 40.2 Å². The number of benzene rings is 2. The van der Waals surface area contributed by atoms with Crippen LogP contribution < -0.4 is 30.7 Å². The van der Waals surface area contributed by atoms with E-state index in [1.807, 2.05) is 60.7 Å². The Hall–Kier alpha value is -5.14. The number of nitrogens with one attached hydrogen (secondary N) is 4. The number of rotatable bonds is 113. The van der Waals surface area contributed by atoms with Gasteiger partial charge in [-0.2, -0.15) is 0 Å². The quantitative estimate of drug-likeness (QED) is 0.0367. The first kappa shape index (κ1) is 133. The van der Waals surface area contributed by atoms with Crippen molar-refractivity contribution in [2.75, 3.05) is 52.6 Å². The van der Waals surface area contributed by atoms with Gasteiger partial charge in [-0.3, -0.25) is 28.8 Å². The highest BCUT2D eigenvalue weighted by atomic mass is 16.6. The summed E-state index contributed by atoms with van der Waals surface area (Å²) >= 11 is 0. The first-order valence-electron chi connectivity index (χ1n) is 62.7. The molecule has 0 saturated carbocycles. The minimum Gasteiger partial charge on any atom is -0.490 e. The average Bonchev–Trinajstić information content (AvgIpc) is 0.916. The average molecular weight is 1990 g/mol. The minimum atomic E-state index is -0.110. The smallest absolute Gasteiger partial charge is 0.305 e. The molecule has 0 aromatic heterocycles. The highest BCUT2D eigenvalue weighted by molar-refractivity contribution is 5.78. The highest BCUT2D eigenvalue weighted by Crippen LogP contribution is 2.38. The maximum absolute atomic E-state index is 12.9. The maximum atomic E-state index is 12.9. The second-order valence-electron chi connectivity index (χ2n) is 44.0. The summed E-state index contributed by atoms with van der Waals surface area (Å²) in [5, 5.41) is 12.4. The van der Waals surface area contributed by atoms with Crippen LogP contribution in [0.25, 0.3) is 0 Å². The molecule has 0 aliphatic rings. The van der Waals surface area contributed by atoms with Crippen molar-refractivity contribution in [3.63, 3.8) is 0 Å². The molecule has 2 aromatic rings. The molecule has 6 unspecified atom stereocenters. The summed E-state index contributed by atoms with van der Waals surface area (Å²) in [6.45, 7) is 17.3. The number of hydrogen-bond donors (Lipinski definition) is 4. The van der Waals surface area contributed by atoms with E-state index in [-0.39, 0.29) is 35.6 Å². The summed E-state index contributed by atoms with van der Waals surface area (Å²) < 4.78 is 22.2. The largest absolute Gasteiger partial charge is 0.490 e. The van der Waals surface area contributed by atoms with Crippen LogP contribution in [0.1, 0.15) is 619 Å². The molecule has 0 bridgehead atoms. The van der Waals surface area contributed by atoms with Crippen molar-refractivity contribution in [1.29, 1.82) is 0 Å². The van der Waals surface area contributed by atoms with Gasteiger partial charge in [-0.15, -0.1) is 0 Å². The molecule has 0 radical (unpaired) electrons. The third-order valence-corrected chi connectivity index (χ3v) is 31.2. The summed E-state index contributed by atoms with van der Waals surface area (Å²) in [6.07, 6.45) is 112. The van der Waals surface area contributed by atoms with Gasteiger partial charge in [0.1, 0.15) is 37.9 Å². The zero-order valence-electron chi connectivity index (χ0n) is 94.6. The molecule has 142 heavy (non-hydrogen) atoms. The molecule has 4 N–H and O–H groups in total. The molecule has 0 heterocycles. The fraction of sp³-hybridized carbons (Fsp3) is 0.859. The lowest BCUT2D eigenvalue weighted by Crippen LogP contribution is -2.34. The number of esters is 2. The van der Waals surface area contributed by atoms with Gasteiger partial charge in [-0.25, -0.2) is 0 Å². The lowest BCUT2D eigenvalue weighted by Gasteiger charge is -2.28. The van der Waals surface area contributed by atoms with Gasteiger partial charge in [0.15, 0.2) is 0 Å². The Morgan fingerprint density at radius 1 is 0.183 bits per heavy atom. The summed E-state index contributed by atoms with van der Waals surface area (Å²) in [5.41, 5.74) is 0. The minimum absolute atomic E-state index is 0.110. The van der Waals surface area contributed by atoms with Crippen molar-refractivity contribution in [1.82, 2.24) is 21.3 Å². The van der Waals surface area contributed by atoms with E-state index in [9.17, 15) is 28.8 Å². The molecule has 14 heteroatoms. The number of para-hydroxylation sites is 2. The number of ether oxygens (including phenoxy) is 4. The van der Waals surface area contributed by atoms with Crippen molar-refractivity contribution in [3.8, 4) is 11.5 Å². The van der Waals surface area contributed by atoms with Crippen LogP contribution in [-0.2, 0) is 38.2 Å². The van der Waals surface area contributed by atoms with Crippen LogP contribution in [0.15, 0.2) is 60.7 Å². The van der Waals surface area contributed by atoms with E-state index in [4.69, 9.17) is 18.9 Å². The van der Waals surface area contributed by atoms with Crippen molar-refractivity contribution >= 4 is 35.6 Å².